The number of furan rings is 1. The molecule has 1 saturated heterocycles. The van der Waals surface area contributed by atoms with Crippen LogP contribution in [0.15, 0.2) is 22.8 Å². The second-order valence-corrected chi connectivity index (χ2v) is 6.16. The highest BCUT2D eigenvalue weighted by Crippen LogP contribution is 2.24. The lowest BCUT2D eigenvalue weighted by Crippen LogP contribution is -2.43. The van der Waals surface area contributed by atoms with Crippen molar-refractivity contribution in [2.45, 2.75) is 44.2 Å². The first kappa shape index (κ1) is 13.9. The zero-order chi connectivity index (χ0) is 13.8. The normalized spacial score (nSPS) is 21.4. The number of hydrogen-bond acceptors (Lipinski definition) is 3. The number of piperidine rings is 1. The van der Waals surface area contributed by atoms with Crippen LogP contribution in [0.4, 0.5) is 0 Å². The third kappa shape index (κ3) is 3.73. The minimum absolute atomic E-state index is 0.282. The number of rotatable bonds is 5. The maximum Gasteiger partial charge on any atom is 0.166 e. The molecule has 1 atom stereocenters. The summed E-state index contributed by atoms with van der Waals surface area (Å²) in [7, 11) is 0. The van der Waals surface area contributed by atoms with Crippen molar-refractivity contribution in [1.82, 2.24) is 15.5 Å². The van der Waals surface area contributed by atoms with Crippen molar-refractivity contribution in [3.63, 3.8) is 0 Å². The van der Waals surface area contributed by atoms with E-state index in [1.807, 2.05) is 6.07 Å². The smallest absolute Gasteiger partial charge is 0.166 e. The summed E-state index contributed by atoms with van der Waals surface area (Å²) >= 11 is 5.35. The van der Waals surface area contributed by atoms with E-state index in [4.69, 9.17) is 16.6 Å². The molecule has 0 bridgehead atoms. The molecule has 1 saturated carbocycles. The summed E-state index contributed by atoms with van der Waals surface area (Å²) in [6.07, 6.45) is 8.15. The van der Waals surface area contributed by atoms with Crippen molar-refractivity contribution in [1.29, 1.82) is 0 Å². The van der Waals surface area contributed by atoms with E-state index >= 15 is 0 Å². The van der Waals surface area contributed by atoms with Crippen molar-refractivity contribution in [3.05, 3.63) is 24.2 Å². The quantitative estimate of drug-likeness (QED) is 0.816. The van der Waals surface area contributed by atoms with Crippen LogP contribution in [-0.4, -0.2) is 35.7 Å². The van der Waals surface area contributed by atoms with E-state index in [0.717, 1.165) is 30.5 Å². The molecule has 5 heteroatoms. The van der Waals surface area contributed by atoms with Gasteiger partial charge < -0.3 is 15.1 Å². The lowest BCUT2D eigenvalue weighted by molar-refractivity contribution is 0.146. The summed E-state index contributed by atoms with van der Waals surface area (Å²) in [6, 6.07) is 4.92. The van der Waals surface area contributed by atoms with Crippen LogP contribution in [0.5, 0.6) is 0 Å². The molecule has 0 aromatic carbocycles. The van der Waals surface area contributed by atoms with Gasteiger partial charge in [-0.3, -0.25) is 4.90 Å². The third-order valence-corrected chi connectivity index (χ3v) is 4.33. The molecule has 1 aromatic rings. The van der Waals surface area contributed by atoms with Crippen LogP contribution >= 0.6 is 12.2 Å². The van der Waals surface area contributed by atoms with E-state index in [2.05, 4.69) is 21.6 Å². The van der Waals surface area contributed by atoms with Crippen LogP contribution in [0.2, 0.25) is 0 Å². The van der Waals surface area contributed by atoms with Crippen LogP contribution in [-0.2, 0) is 0 Å². The summed E-state index contributed by atoms with van der Waals surface area (Å²) in [6.45, 7) is 3.11. The maximum absolute atomic E-state index is 5.63. The largest absolute Gasteiger partial charge is 0.468 e. The molecule has 2 fully saturated rings. The van der Waals surface area contributed by atoms with E-state index in [-0.39, 0.29) is 6.04 Å². The fraction of sp³-hybridized carbons (Fsp3) is 0.667. The lowest BCUT2D eigenvalue weighted by atomic mass is 10.1. The van der Waals surface area contributed by atoms with Gasteiger partial charge in [0.25, 0.3) is 0 Å². The summed E-state index contributed by atoms with van der Waals surface area (Å²) in [5.41, 5.74) is 0. The van der Waals surface area contributed by atoms with Gasteiger partial charge in [-0.25, -0.2) is 0 Å². The highest BCUT2D eigenvalue weighted by molar-refractivity contribution is 7.80. The molecule has 0 amide bonds. The monoisotopic (exact) mass is 293 g/mol. The second kappa shape index (κ2) is 6.59. The van der Waals surface area contributed by atoms with E-state index in [9.17, 15) is 0 Å². The van der Waals surface area contributed by atoms with Crippen LogP contribution in [0.25, 0.3) is 0 Å². The Bertz CT molecular complexity index is 424. The maximum atomic E-state index is 5.63. The molecule has 0 unspecified atom stereocenters. The molecule has 1 aliphatic heterocycles. The Morgan fingerprint density at radius 2 is 2.15 bits per heavy atom. The zero-order valence-corrected chi connectivity index (χ0v) is 12.6. The molecule has 2 aliphatic rings. The number of nitrogens with zero attached hydrogens (tertiary/aromatic N) is 1. The van der Waals surface area contributed by atoms with Crippen LogP contribution < -0.4 is 10.6 Å². The van der Waals surface area contributed by atoms with Gasteiger partial charge in [0, 0.05) is 12.6 Å². The van der Waals surface area contributed by atoms with Gasteiger partial charge in [-0.05, 0) is 63.1 Å². The summed E-state index contributed by atoms with van der Waals surface area (Å²) in [5, 5.41) is 7.47. The fourth-order valence-electron chi connectivity index (χ4n) is 2.77. The average Bonchev–Trinajstić information content (AvgIpc) is 3.12. The highest BCUT2D eigenvalue weighted by Gasteiger charge is 2.26. The van der Waals surface area contributed by atoms with Gasteiger partial charge in [-0.2, -0.15) is 0 Å². The van der Waals surface area contributed by atoms with Gasteiger partial charge in [0.2, 0.25) is 0 Å². The standard InChI is InChI=1S/C15H23N3OS/c20-15(17-12-6-7-12)16-11-13(14-5-4-10-19-14)18-8-2-1-3-9-18/h4-5,10,12-13H,1-3,6-9,11H2,(H2,16,17,20)/t13-/m1/s1. The molecule has 110 valence electrons. The first-order valence-electron chi connectivity index (χ1n) is 7.65. The van der Waals surface area contributed by atoms with Crippen molar-refractivity contribution in [3.8, 4) is 0 Å². The van der Waals surface area contributed by atoms with Gasteiger partial charge in [-0.1, -0.05) is 6.42 Å². The number of likely N-dealkylation sites (tertiary alicyclic amines) is 1. The van der Waals surface area contributed by atoms with Crippen molar-refractivity contribution < 1.29 is 4.42 Å². The molecule has 1 aliphatic carbocycles. The molecule has 0 radical (unpaired) electrons. The molecule has 0 spiro atoms. The fourth-order valence-corrected chi connectivity index (χ4v) is 3.02. The van der Waals surface area contributed by atoms with Crippen LogP contribution in [0.3, 0.4) is 0 Å². The third-order valence-electron chi connectivity index (χ3n) is 4.07. The molecule has 4 nitrogen and oxygen atoms in total. The summed E-state index contributed by atoms with van der Waals surface area (Å²) in [5.74, 6) is 1.04. The van der Waals surface area contributed by atoms with E-state index < -0.39 is 0 Å². The molecule has 3 rings (SSSR count). The summed E-state index contributed by atoms with van der Waals surface area (Å²) < 4.78 is 5.63. The van der Waals surface area contributed by atoms with Crippen molar-refractivity contribution >= 4 is 17.3 Å². The Balaban J connectivity index is 1.57. The molecule has 2 heterocycles. The predicted molar refractivity (Wildman–Crippen MR) is 83.6 cm³/mol. The molecule has 1 aromatic heterocycles. The molecule has 20 heavy (non-hydrogen) atoms. The van der Waals surface area contributed by atoms with Crippen molar-refractivity contribution in [2.75, 3.05) is 19.6 Å². The minimum atomic E-state index is 0.282. The first-order chi connectivity index (χ1) is 9.83. The van der Waals surface area contributed by atoms with Crippen molar-refractivity contribution in [2.24, 2.45) is 0 Å². The van der Waals surface area contributed by atoms with E-state index in [1.165, 1.54) is 32.1 Å². The lowest BCUT2D eigenvalue weighted by Gasteiger charge is -2.33. The van der Waals surface area contributed by atoms with Gasteiger partial charge in [-0.15, -0.1) is 0 Å². The number of nitrogens with one attached hydrogen (secondary N) is 2. The number of thiocarbonyl (C=S) groups is 1. The van der Waals surface area contributed by atoms with E-state index in [0.29, 0.717) is 6.04 Å². The Hall–Kier alpha value is -1.07. The zero-order valence-electron chi connectivity index (χ0n) is 11.8. The first-order valence-corrected chi connectivity index (χ1v) is 8.05. The molecular weight excluding hydrogens is 270 g/mol. The van der Waals surface area contributed by atoms with Gasteiger partial charge in [0.15, 0.2) is 5.11 Å². The molecular formula is C15H23N3OS. The van der Waals surface area contributed by atoms with Gasteiger partial charge in [0.1, 0.15) is 5.76 Å². The highest BCUT2D eigenvalue weighted by atomic mass is 32.1. The Morgan fingerprint density at radius 3 is 2.80 bits per heavy atom. The van der Waals surface area contributed by atoms with Crippen LogP contribution in [0, 0.1) is 0 Å². The Kier molecular flexibility index (Phi) is 4.58. The predicted octanol–water partition coefficient (Wildman–Crippen LogP) is 2.43. The summed E-state index contributed by atoms with van der Waals surface area (Å²) in [4.78, 5) is 2.51. The van der Waals surface area contributed by atoms with Gasteiger partial charge in [0.05, 0.1) is 12.3 Å². The van der Waals surface area contributed by atoms with Crippen LogP contribution in [0.1, 0.15) is 43.9 Å². The van der Waals surface area contributed by atoms with Gasteiger partial charge >= 0.3 is 0 Å². The SMILES string of the molecule is S=C(NC[C@H](c1ccco1)N1CCCCC1)NC1CC1. The Morgan fingerprint density at radius 1 is 1.35 bits per heavy atom. The number of hydrogen-bond donors (Lipinski definition) is 2. The second-order valence-electron chi connectivity index (χ2n) is 5.76. The van der Waals surface area contributed by atoms with E-state index in [1.54, 1.807) is 6.26 Å². The molecule has 2 N–H and O–H groups in total. The Labute approximate surface area is 125 Å². The topological polar surface area (TPSA) is 40.4 Å². The average molecular weight is 293 g/mol. The minimum Gasteiger partial charge on any atom is -0.468 e.